The first kappa shape index (κ1) is 12.1. The zero-order chi connectivity index (χ0) is 11.4. The normalized spacial score (nSPS) is 12.7. The van der Waals surface area contributed by atoms with E-state index < -0.39 is 5.97 Å². The molecule has 0 aliphatic rings. The number of thioether (sulfide) groups is 1. The summed E-state index contributed by atoms with van der Waals surface area (Å²) in [6.45, 7) is 3.59. The molecule has 0 aromatic carbocycles. The molecule has 0 aliphatic carbocycles. The van der Waals surface area contributed by atoms with E-state index in [1.165, 1.54) is 0 Å². The fraction of sp³-hybridized carbons (Fsp3) is 0.500. The van der Waals surface area contributed by atoms with E-state index >= 15 is 0 Å². The maximum absolute atomic E-state index is 10.7. The first-order valence-electron chi connectivity index (χ1n) is 4.66. The monoisotopic (exact) mass is 229 g/mol. The summed E-state index contributed by atoms with van der Waals surface area (Å²) in [4.78, 5) is 10.7. The lowest BCUT2D eigenvalue weighted by atomic mass is 10.2. The molecule has 0 bridgehead atoms. The minimum absolute atomic E-state index is 0.144. The van der Waals surface area contributed by atoms with Gasteiger partial charge in [0, 0.05) is 11.8 Å². The van der Waals surface area contributed by atoms with Crippen molar-refractivity contribution in [3.05, 3.63) is 23.2 Å². The molecule has 5 heteroatoms. The van der Waals surface area contributed by atoms with Crippen molar-refractivity contribution in [1.29, 1.82) is 0 Å². The number of rotatable bonds is 5. The van der Waals surface area contributed by atoms with Gasteiger partial charge in [-0.15, -0.1) is 0 Å². The minimum atomic E-state index is -0.945. The molecule has 4 nitrogen and oxygen atoms in total. The topological polar surface area (TPSA) is 76.5 Å². The van der Waals surface area contributed by atoms with E-state index in [0.29, 0.717) is 17.3 Å². The van der Waals surface area contributed by atoms with E-state index in [2.05, 4.69) is 0 Å². The molecule has 1 atom stereocenters. The van der Waals surface area contributed by atoms with Crippen LogP contribution in [0.15, 0.2) is 10.5 Å². The number of furan rings is 1. The van der Waals surface area contributed by atoms with Crippen LogP contribution in [-0.2, 0) is 5.75 Å². The van der Waals surface area contributed by atoms with Crippen molar-refractivity contribution in [2.45, 2.75) is 25.6 Å². The van der Waals surface area contributed by atoms with Gasteiger partial charge in [0.25, 0.3) is 0 Å². The van der Waals surface area contributed by atoms with Gasteiger partial charge >= 0.3 is 5.97 Å². The zero-order valence-corrected chi connectivity index (χ0v) is 9.63. The van der Waals surface area contributed by atoms with E-state index in [4.69, 9.17) is 15.3 Å². The number of aryl methyl sites for hydroxylation is 1. The summed E-state index contributed by atoms with van der Waals surface area (Å²) in [7, 11) is 0. The van der Waals surface area contributed by atoms with Crippen LogP contribution < -0.4 is 5.73 Å². The summed E-state index contributed by atoms with van der Waals surface area (Å²) >= 11 is 1.64. The largest absolute Gasteiger partial charge is 0.478 e. The van der Waals surface area contributed by atoms with Crippen molar-refractivity contribution in [1.82, 2.24) is 0 Å². The minimum Gasteiger partial charge on any atom is -0.478 e. The maximum Gasteiger partial charge on any atom is 0.339 e. The third-order valence-corrected chi connectivity index (χ3v) is 3.07. The lowest BCUT2D eigenvalue weighted by Crippen LogP contribution is -2.17. The summed E-state index contributed by atoms with van der Waals surface area (Å²) in [5.41, 5.74) is 5.84. The first-order chi connectivity index (χ1) is 7.00. The molecule has 0 aliphatic heterocycles. The van der Waals surface area contributed by atoms with Gasteiger partial charge in [-0.05, 0) is 19.9 Å². The third kappa shape index (κ3) is 3.60. The van der Waals surface area contributed by atoms with Crippen LogP contribution in [0.25, 0.3) is 0 Å². The van der Waals surface area contributed by atoms with Gasteiger partial charge in [0.1, 0.15) is 17.1 Å². The Morgan fingerprint density at radius 3 is 2.87 bits per heavy atom. The summed E-state index contributed by atoms with van der Waals surface area (Å²) in [5.74, 6) is 1.70. The molecule has 0 fully saturated rings. The van der Waals surface area contributed by atoms with Gasteiger partial charge in [0.15, 0.2) is 0 Å². The highest BCUT2D eigenvalue weighted by Crippen LogP contribution is 2.19. The van der Waals surface area contributed by atoms with Crippen molar-refractivity contribution in [3.8, 4) is 0 Å². The van der Waals surface area contributed by atoms with Crippen LogP contribution in [0.3, 0.4) is 0 Å². The van der Waals surface area contributed by atoms with Crippen LogP contribution in [0.5, 0.6) is 0 Å². The molecule has 0 amide bonds. The Kier molecular flexibility index (Phi) is 4.23. The smallest absolute Gasteiger partial charge is 0.339 e. The molecular formula is C10H15NO3S. The van der Waals surface area contributed by atoms with Crippen LogP contribution in [0.1, 0.15) is 28.8 Å². The van der Waals surface area contributed by atoms with Gasteiger partial charge in [-0.1, -0.05) is 0 Å². The summed E-state index contributed by atoms with van der Waals surface area (Å²) in [6.07, 6.45) is 0. The summed E-state index contributed by atoms with van der Waals surface area (Å²) in [5, 5.41) is 8.81. The Labute approximate surface area is 92.8 Å². The molecule has 1 aromatic heterocycles. The van der Waals surface area contributed by atoms with Gasteiger partial charge < -0.3 is 15.3 Å². The van der Waals surface area contributed by atoms with E-state index in [9.17, 15) is 4.79 Å². The highest BCUT2D eigenvalue weighted by molar-refractivity contribution is 7.98. The second kappa shape index (κ2) is 5.23. The van der Waals surface area contributed by atoms with Crippen molar-refractivity contribution in [2.75, 3.05) is 5.75 Å². The Morgan fingerprint density at radius 2 is 2.40 bits per heavy atom. The predicted molar refractivity (Wildman–Crippen MR) is 60.2 cm³/mol. The quantitative estimate of drug-likeness (QED) is 0.806. The molecule has 0 spiro atoms. The van der Waals surface area contributed by atoms with Gasteiger partial charge in [-0.3, -0.25) is 0 Å². The highest BCUT2D eigenvalue weighted by Gasteiger charge is 2.13. The maximum atomic E-state index is 10.7. The van der Waals surface area contributed by atoms with Gasteiger partial charge in [-0.2, -0.15) is 11.8 Å². The van der Waals surface area contributed by atoms with Gasteiger partial charge in [0.2, 0.25) is 0 Å². The number of carboxylic acid groups (broad SMARTS) is 1. The number of aromatic carboxylic acids is 1. The Balaban J connectivity index is 2.56. The van der Waals surface area contributed by atoms with E-state index in [0.717, 1.165) is 5.75 Å². The Morgan fingerprint density at radius 1 is 1.73 bits per heavy atom. The van der Waals surface area contributed by atoms with E-state index in [-0.39, 0.29) is 11.6 Å². The lowest BCUT2D eigenvalue weighted by Gasteiger charge is -2.01. The van der Waals surface area contributed by atoms with Crippen molar-refractivity contribution in [3.63, 3.8) is 0 Å². The third-order valence-electron chi connectivity index (χ3n) is 1.82. The Hall–Kier alpha value is -0.940. The summed E-state index contributed by atoms with van der Waals surface area (Å²) < 4.78 is 5.32. The molecule has 1 rings (SSSR count). The van der Waals surface area contributed by atoms with Crippen LogP contribution in [0, 0.1) is 6.92 Å². The second-order valence-corrected chi connectivity index (χ2v) is 4.51. The SMILES string of the molecule is Cc1oc(CSCC(C)N)cc1C(=O)O. The second-order valence-electron chi connectivity index (χ2n) is 3.48. The molecule has 0 radical (unpaired) electrons. The van der Waals surface area contributed by atoms with Crippen LogP contribution in [0.2, 0.25) is 0 Å². The molecule has 3 N–H and O–H groups in total. The van der Waals surface area contributed by atoms with E-state index in [1.54, 1.807) is 24.8 Å². The fourth-order valence-electron chi connectivity index (χ4n) is 1.17. The molecule has 0 saturated carbocycles. The summed E-state index contributed by atoms with van der Waals surface area (Å²) in [6, 6.07) is 1.72. The number of hydrogen-bond donors (Lipinski definition) is 2. The molecule has 84 valence electrons. The lowest BCUT2D eigenvalue weighted by molar-refractivity contribution is 0.0695. The van der Waals surface area contributed by atoms with E-state index in [1.807, 2.05) is 6.92 Å². The fourth-order valence-corrected chi connectivity index (χ4v) is 2.01. The number of carbonyl (C=O) groups is 1. The van der Waals surface area contributed by atoms with Crippen LogP contribution in [0.4, 0.5) is 0 Å². The molecule has 1 aromatic rings. The van der Waals surface area contributed by atoms with Crippen molar-refractivity contribution in [2.24, 2.45) is 5.73 Å². The first-order valence-corrected chi connectivity index (χ1v) is 5.82. The Bertz CT molecular complexity index is 346. The van der Waals surface area contributed by atoms with Crippen molar-refractivity contribution >= 4 is 17.7 Å². The zero-order valence-electron chi connectivity index (χ0n) is 8.82. The predicted octanol–water partition coefficient (Wildman–Crippen LogP) is 1.87. The molecule has 1 unspecified atom stereocenters. The van der Waals surface area contributed by atoms with Crippen LogP contribution >= 0.6 is 11.8 Å². The average molecular weight is 229 g/mol. The molecule has 1 heterocycles. The standard InChI is InChI=1S/C10H15NO3S/c1-6(11)4-15-5-8-3-9(10(12)13)7(2)14-8/h3,6H,4-5,11H2,1-2H3,(H,12,13). The van der Waals surface area contributed by atoms with Gasteiger partial charge in [0.05, 0.1) is 5.75 Å². The van der Waals surface area contributed by atoms with Crippen molar-refractivity contribution < 1.29 is 14.3 Å². The number of hydrogen-bond acceptors (Lipinski definition) is 4. The van der Waals surface area contributed by atoms with Gasteiger partial charge in [-0.25, -0.2) is 4.79 Å². The highest BCUT2D eigenvalue weighted by atomic mass is 32.2. The molecular weight excluding hydrogens is 214 g/mol. The average Bonchev–Trinajstić information content (AvgIpc) is 2.46. The van der Waals surface area contributed by atoms with Crippen LogP contribution in [-0.4, -0.2) is 22.9 Å². The number of nitrogens with two attached hydrogens (primary N) is 1. The molecule has 0 saturated heterocycles. The number of carboxylic acids is 1. The molecule has 15 heavy (non-hydrogen) atoms.